The maximum absolute atomic E-state index is 11.9. The summed E-state index contributed by atoms with van der Waals surface area (Å²) < 4.78 is 23.9. The topological polar surface area (TPSA) is 75.2 Å². The third kappa shape index (κ3) is 2.64. The summed E-state index contributed by atoms with van der Waals surface area (Å²) in [6.07, 6.45) is 5.95. The van der Waals surface area contributed by atoms with E-state index in [4.69, 9.17) is 0 Å². The number of hydrogen-bond donors (Lipinski definition) is 1. The van der Waals surface area contributed by atoms with E-state index >= 15 is 0 Å². The van der Waals surface area contributed by atoms with Crippen molar-refractivity contribution in [2.75, 3.05) is 37.3 Å². The number of anilines is 1. The van der Waals surface area contributed by atoms with Gasteiger partial charge in [0.1, 0.15) is 4.90 Å². The quantitative estimate of drug-likeness (QED) is 0.878. The molecule has 20 heavy (non-hydrogen) atoms. The van der Waals surface area contributed by atoms with Crippen LogP contribution >= 0.6 is 0 Å². The van der Waals surface area contributed by atoms with Crippen LogP contribution in [0, 0.1) is 0 Å². The molecule has 1 atom stereocenters. The molecule has 3 heterocycles. The summed E-state index contributed by atoms with van der Waals surface area (Å²) in [5.74, 6) is 0.848. The van der Waals surface area contributed by atoms with Crippen molar-refractivity contribution in [3.05, 3.63) is 11.9 Å². The van der Waals surface area contributed by atoms with Crippen molar-refractivity contribution in [2.24, 2.45) is 0 Å². The summed E-state index contributed by atoms with van der Waals surface area (Å²) in [6, 6.07) is 0. The van der Waals surface area contributed by atoms with Gasteiger partial charge in [-0.2, -0.15) is 0 Å². The fourth-order valence-corrected chi connectivity index (χ4v) is 3.75. The second-order valence-electron chi connectivity index (χ2n) is 5.58. The molecule has 0 saturated carbocycles. The Morgan fingerprint density at radius 3 is 2.70 bits per heavy atom. The van der Waals surface area contributed by atoms with Crippen LogP contribution in [0.5, 0.6) is 0 Å². The zero-order valence-corrected chi connectivity index (χ0v) is 12.5. The largest absolute Gasteiger partial charge is 0.341 e. The minimum Gasteiger partial charge on any atom is -0.341 e. The van der Waals surface area contributed by atoms with E-state index in [1.165, 1.54) is 12.5 Å². The Bertz CT molecular complexity index is 590. The zero-order valence-electron chi connectivity index (χ0n) is 11.7. The first-order valence-electron chi connectivity index (χ1n) is 7.08. The fraction of sp³-hybridized carbons (Fsp3) is 0.692. The Morgan fingerprint density at radius 2 is 2.10 bits per heavy atom. The van der Waals surface area contributed by atoms with Gasteiger partial charge in [-0.15, -0.1) is 0 Å². The van der Waals surface area contributed by atoms with Crippen LogP contribution in [0.4, 0.5) is 5.95 Å². The van der Waals surface area contributed by atoms with Crippen LogP contribution < -0.4 is 10.2 Å². The van der Waals surface area contributed by atoms with Gasteiger partial charge < -0.3 is 10.2 Å². The Hall–Kier alpha value is -1.21. The van der Waals surface area contributed by atoms with E-state index in [9.17, 15) is 8.42 Å². The van der Waals surface area contributed by atoms with E-state index in [1.54, 1.807) is 0 Å². The average Bonchev–Trinajstić information content (AvgIpc) is 3.10. The molecule has 0 aliphatic carbocycles. The lowest BCUT2D eigenvalue weighted by Crippen LogP contribution is -2.23. The monoisotopic (exact) mass is 296 g/mol. The molecule has 2 fully saturated rings. The van der Waals surface area contributed by atoms with Crippen molar-refractivity contribution in [1.82, 2.24) is 15.3 Å². The molecule has 6 nitrogen and oxygen atoms in total. The van der Waals surface area contributed by atoms with Crippen molar-refractivity contribution < 1.29 is 8.42 Å². The lowest BCUT2D eigenvalue weighted by Gasteiger charge is -2.19. The summed E-state index contributed by atoms with van der Waals surface area (Å²) in [4.78, 5) is 11.3. The van der Waals surface area contributed by atoms with Crippen molar-refractivity contribution in [3.8, 4) is 0 Å². The molecule has 0 amide bonds. The van der Waals surface area contributed by atoms with E-state index in [-0.39, 0.29) is 10.8 Å². The Kier molecular flexibility index (Phi) is 3.64. The van der Waals surface area contributed by atoms with Crippen LogP contribution in [0.2, 0.25) is 0 Å². The first-order chi connectivity index (χ1) is 9.55. The van der Waals surface area contributed by atoms with Crippen molar-refractivity contribution in [3.63, 3.8) is 0 Å². The van der Waals surface area contributed by atoms with Crippen LogP contribution in [0.3, 0.4) is 0 Å². The molecule has 1 N–H and O–H groups in total. The van der Waals surface area contributed by atoms with Crippen molar-refractivity contribution >= 4 is 15.8 Å². The van der Waals surface area contributed by atoms with Crippen LogP contribution in [-0.2, 0) is 9.84 Å². The van der Waals surface area contributed by atoms with Gasteiger partial charge in [-0.05, 0) is 25.8 Å². The predicted molar refractivity (Wildman–Crippen MR) is 76.8 cm³/mol. The Balaban J connectivity index is 2.02. The minimum absolute atomic E-state index is 0.170. The zero-order chi connectivity index (χ0) is 14.2. The molecule has 2 saturated heterocycles. The van der Waals surface area contributed by atoms with Gasteiger partial charge in [0.2, 0.25) is 5.95 Å². The van der Waals surface area contributed by atoms with Gasteiger partial charge in [-0.1, -0.05) is 0 Å². The van der Waals surface area contributed by atoms with Crippen LogP contribution in [0.1, 0.15) is 30.9 Å². The normalized spacial score (nSPS) is 23.4. The molecule has 7 heteroatoms. The molecule has 1 aromatic heterocycles. The molecule has 1 aromatic rings. The summed E-state index contributed by atoms with van der Waals surface area (Å²) in [6.45, 7) is 3.62. The smallest absolute Gasteiger partial charge is 0.225 e. The SMILES string of the molecule is CS(=O)(=O)c1cnc(N2CCCC2)nc1[C@@H]1CCNC1. The average molecular weight is 296 g/mol. The standard InChI is InChI=1S/C13H20N4O2S/c1-20(18,19)11-9-15-13(17-6-2-3-7-17)16-12(11)10-4-5-14-8-10/h9-10,14H,2-8H2,1H3/t10-/m1/s1. The number of nitrogens with one attached hydrogen (secondary N) is 1. The molecular formula is C13H20N4O2S. The number of nitrogens with zero attached hydrogens (tertiary/aromatic N) is 3. The molecule has 3 rings (SSSR count). The summed E-state index contributed by atoms with van der Waals surface area (Å²) in [5.41, 5.74) is 0.689. The third-order valence-corrected chi connectivity index (χ3v) is 5.12. The molecule has 0 radical (unpaired) electrons. The summed E-state index contributed by atoms with van der Waals surface area (Å²) >= 11 is 0. The number of hydrogen-bond acceptors (Lipinski definition) is 6. The van der Waals surface area contributed by atoms with Crippen LogP contribution in [0.15, 0.2) is 11.1 Å². The van der Waals surface area contributed by atoms with Gasteiger partial charge >= 0.3 is 0 Å². The maximum atomic E-state index is 11.9. The third-order valence-electron chi connectivity index (χ3n) is 4.01. The number of sulfone groups is 1. The van der Waals surface area contributed by atoms with E-state index in [2.05, 4.69) is 20.2 Å². The molecule has 2 aliphatic heterocycles. The second kappa shape index (κ2) is 5.29. The van der Waals surface area contributed by atoms with Gasteiger partial charge in [0.15, 0.2) is 9.84 Å². The molecule has 2 aliphatic rings. The number of rotatable bonds is 3. The second-order valence-corrected chi connectivity index (χ2v) is 7.56. The highest BCUT2D eigenvalue weighted by Crippen LogP contribution is 2.28. The summed E-state index contributed by atoms with van der Waals surface area (Å²) in [5, 5.41) is 3.27. The molecule has 0 bridgehead atoms. The Morgan fingerprint density at radius 1 is 1.35 bits per heavy atom. The highest BCUT2D eigenvalue weighted by atomic mass is 32.2. The van der Waals surface area contributed by atoms with Gasteiger partial charge in [0, 0.05) is 31.8 Å². The van der Waals surface area contributed by atoms with E-state index in [0.717, 1.165) is 45.4 Å². The molecular weight excluding hydrogens is 276 g/mol. The molecule has 110 valence electrons. The first-order valence-corrected chi connectivity index (χ1v) is 8.97. The van der Waals surface area contributed by atoms with E-state index < -0.39 is 9.84 Å². The van der Waals surface area contributed by atoms with Gasteiger partial charge in [-0.3, -0.25) is 0 Å². The predicted octanol–water partition coefficient (Wildman–Crippen LogP) is 0.557. The lowest BCUT2D eigenvalue weighted by molar-refractivity contribution is 0.595. The fourth-order valence-electron chi connectivity index (χ4n) is 2.91. The van der Waals surface area contributed by atoms with Crippen LogP contribution in [-0.4, -0.2) is 50.8 Å². The van der Waals surface area contributed by atoms with E-state index in [0.29, 0.717) is 11.6 Å². The van der Waals surface area contributed by atoms with Crippen molar-refractivity contribution in [1.29, 1.82) is 0 Å². The van der Waals surface area contributed by atoms with Crippen LogP contribution in [0.25, 0.3) is 0 Å². The highest BCUT2D eigenvalue weighted by Gasteiger charge is 2.27. The maximum Gasteiger partial charge on any atom is 0.225 e. The van der Waals surface area contributed by atoms with Gasteiger partial charge in [-0.25, -0.2) is 18.4 Å². The highest BCUT2D eigenvalue weighted by molar-refractivity contribution is 7.90. The first kappa shape index (κ1) is 13.8. The Labute approximate surface area is 119 Å². The van der Waals surface area contributed by atoms with Gasteiger partial charge in [0.25, 0.3) is 0 Å². The molecule has 0 spiro atoms. The number of aromatic nitrogens is 2. The summed E-state index contributed by atoms with van der Waals surface area (Å²) in [7, 11) is -3.28. The minimum atomic E-state index is -3.28. The molecule has 0 unspecified atom stereocenters. The van der Waals surface area contributed by atoms with Crippen molar-refractivity contribution in [2.45, 2.75) is 30.1 Å². The lowest BCUT2D eigenvalue weighted by atomic mass is 10.1. The molecule has 0 aromatic carbocycles. The van der Waals surface area contributed by atoms with E-state index in [1.807, 2.05) is 0 Å². The van der Waals surface area contributed by atoms with Gasteiger partial charge in [0.05, 0.1) is 11.9 Å².